The lowest BCUT2D eigenvalue weighted by molar-refractivity contribution is 0.218. The molecule has 3 atom stereocenters. The molecule has 2 aromatic rings. The molecule has 1 aromatic carbocycles. The van der Waals surface area contributed by atoms with E-state index < -0.39 is 0 Å². The second kappa shape index (κ2) is 8.20. The van der Waals surface area contributed by atoms with E-state index in [0.717, 1.165) is 30.5 Å². The number of nitrogens with one attached hydrogen (secondary N) is 1. The van der Waals surface area contributed by atoms with E-state index in [1.54, 1.807) is 0 Å². The highest BCUT2D eigenvalue weighted by molar-refractivity contribution is 5.52. The molecule has 0 spiro atoms. The summed E-state index contributed by atoms with van der Waals surface area (Å²) < 4.78 is 6.01. The molecule has 1 aromatic heterocycles. The summed E-state index contributed by atoms with van der Waals surface area (Å²) in [7, 11) is 0. The van der Waals surface area contributed by atoms with E-state index in [-0.39, 0.29) is 0 Å². The minimum absolute atomic E-state index is 0.496. The van der Waals surface area contributed by atoms with Gasteiger partial charge in [0.25, 0.3) is 0 Å². The molecule has 0 amide bonds. The van der Waals surface area contributed by atoms with Crippen molar-refractivity contribution < 1.29 is 4.42 Å². The molecule has 4 heteroatoms. The Kier molecular flexibility index (Phi) is 5.68. The average molecular weight is 380 g/mol. The fourth-order valence-electron chi connectivity index (χ4n) is 4.46. The molecule has 0 radical (unpaired) electrons. The molecule has 4 nitrogen and oxygen atoms in total. The van der Waals surface area contributed by atoms with Crippen molar-refractivity contribution in [3.63, 3.8) is 0 Å². The van der Waals surface area contributed by atoms with Gasteiger partial charge in [-0.1, -0.05) is 43.2 Å². The van der Waals surface area contributed by atoms with Crippen molar-refractivity contribution in [2.75, 3.05) is 6.54 Å². The van der Waals surface area contributed by atoms with Crippen LogP contribution in [0.25, 0.3) is 11.5 Å². The van der Waals surface area contributed by atoms with Crippen molar-refractivity contribution in [3.05, 3.63) is 47.4 Å². The number of hydrogen-bond acceptors (Lipinski definition) is 4. The maximum atomic E-state index is 6.01. The molecular formula is C24H33N3O. The van der Waals surface area contributed by atoms with Crippen LogP contribution >= 0.6 is 0 Å². The highest BCUT2D eigenvalue weighted by Crippen LogP contribution is 2.39. The summed E-state index contributed by atoms with van der Waals surface area (Å²) in [4.78, 5) is 0. The number of nitrogens with zero attached hydrogens (tertiary/aromatic N) is 2. The number of rotatable bonds is 7. The third kappa shape index (κ3) is 4.54. The normalized spacial score (nSPS) is 25.2. The van der Waals surface area contributed by atoms with Crippen molar-refractivity contribution in [1.82, 2.24) is 15.5 Å². The van der Waals surface area contributed by atoms with E-state index in [1.165, 1.54) is 30.4 Å². The van der Waals surface area contributed by atoms with Crippen LogP contribution in [-0.4, -0.2) is 22.8 Å². The summed E-state index contributed by atoms with van der Waals surface area (Å²) in [6.45, 7) is 10.2. The van der Waals surface area contributed by atoms with Gasteiger partial charge in [-0.15, -0.1) is 10.2 Å². The first-order chi connectivity index (χ1) is 13.5. The maximum absolute atomic E-state index is 6.01. The molecule has 2 aliphatic rings. The number of hydrogen-bond donors (Lipinski definition) is 1. The largest absolute Gasteiger partial charge is 0.421 e. The first kappa shape index (κ1) is 19.4. The summed E-state index contributed by atoms with van der Waals surface area (Å²) in [5, 5.41) is 12.4. The molecular weight excluding hydrogens is 346 g/mol. The molecule has 0 aliphatic heterocycles. The van der Waals surface area contributed by atoms with Gasteiger partial charge >= 0.3 is 0 Å². The maximum Gasteiger partial charge on any atom is 0.247 e. The van der Waals surface area contributed by atoms with Crippen LogP contribution in [0, 0.1) is 30.6 Å². The highest BCUT2D eigenvalue weighted by Gasteiger charge is 2.33. The van der Waals surface area contributed by atoms with Crippen LogP contribution in [0.1, 0.15) is 51.5 Å². The third-order valence-corrected chi connectivity index (χ3v) is 6.49. The topological polar surface area (TPSA) is 51.0 Å². The van der Waals surface area contributed by atoms with Crippen LogP contribution in [0.4, 0.5) is 0 Å². The SMILES string of the molecule is CC1=CC(CNC2CC2)C(C(C)C)CC1Cc1nnc(-c2ccc(C)cc2)o1. The lowest BCUT2D eigenvalue weighted by Crippen LogP contribution is -2.35. The Morgan fingerprint density at radius 2 is 1.86 bits per heavy atom. The molecule has 1 N–H and O–H groups in total. The van der Waals surface area contributed by atoms with Crippen molar-refractivity contribution in [2.45, 2.75) is 59.4 Å². The highest BCUT2D eigenvalue weighted by atomic mass is 16.4. The molecule has 4 rings (SSSR count). The van der Waals surface area contributed by atoms with Crippen LogP contribution in [0.2, 0.25) is 0 Å². The predicted molar refractivity (Wildman–Crippen MR) is 113 cm³/mol. The van der Waals surface area contributed by atoms with Crippen LogP contribution in [0.15, 0.2) is 40.3 Å². The minimum Gasteiger partial charge on any atom is -0.421 e. The summed E-state index contributed by atoms with van der Waals surface area (Å²) in [6, 6.07) is 9.03. The van der Waals surface area contributed by atoms with Crippen LogP contribution in [0.5, 0.6) is 0 Å². The van der Waals surface area contributed by atoms with Crippen molar-refractivity contribution in [1.29, 1.82) is 0 Å². The van der Waals surface area contributed by atoms with E-state index >= 15 is 0 Å². The van der Waals surface area contributed by atoms with Gasteiger partial charge in [0.05, 0.1) is 0 Å². The number of aryl methyl sites for hydroxylation is 1. The molecule has 0 bridgehead atoms. The minimum atomic E-state index is 0.496. The predicted octanol–water partition coefficient (Wildman–Crippen LogP) is 5.19. The van der Waals surface area contributed by atoms with Crippen LogP contribution < -0.4 is 5.32 Å². The molecule has 2 aliphatic carbocycles. The van der Waals surface area contributed by atoms with Gasteiger partial charge in [0, 0.05) is 24.6 Å². The van der Waals surface area contributed by atoms with Crippen molar-refractivity contribution in [3.8, 4) is 11.5 Å². The Morgan fingerprint density at radius 1 is 1.11 bits per heavy atom. The standard InChI is InChI=1S/C24H33N3O/c1-15(2)22-12-19(17(4)11-20(22)14-25-21-9-10-21)13-23-26-27-24(28-23)18-7-5-16(3)6-8-18/h5-8,11,15,19-22,25H,9-10,12-14H2,1-4H3. The van der Waals surface area contributed by atoms with Gasteiger partial charge in [0.2, 0.25) is 11.8 Å². The van der Waals surface area contributed by atoms with Gasteiger partial charge in [-0.2, -0.15) is 0 Å². The smallest absolute Gasteiger partial charge is 0.247 e. The molecule has 0 saturated heterocycles. The van der Waals surface area contributed by atoms with Gasteiger partial charge in [-0.3, -0.25) is 0 Å². The molecule has 28 heavy (non-hydrogen) atoms. The fourth-order valence-corrected chi connectivity index (χ4v) is 4.46. The monoisotopic (exact) mass is 379 g/mol. The molecule has 150 valence electrons. The van der Waals surface area contributed by atoms with Crippen LogP contribution in [-0.2, 0) is 6.42 Å². The summed E-state index contributed by atoms with van der Waals surface area (Å²) in [5.74, 6) is 3.91. The Labute approximate surface area is 168 Å². The van der Waals surface area contributed by atoms with E-state index in [1.807, 2.05) is 12.1 Å². The number of aromatic nitrogens is 2. The van der Waals surface area contributed by atoms with Gasteiger partial charge in [-0.25, -0.2) is 0 Å². The van der Waals surface area contributed by atoms with Crippen LogP contribution in [0.3, 0.4) is 0 Å². The zero-order chi connectivity index (χ0) is 19.7. The zero-order valence-electron chi connectivity index (χ0n) is 17.6. The van der Waals surface area contributed by atoms with Gasteiger partial charge in [0.15, 0.2) is 0 Å². The van der Waals surface area contributed by atoms with E-state index in [2.05, 4.69) is 61.4 Å². The Balaban J connectivity index is 1.45. The first-order valence-corrected chi connectivity index (χ1v) is 10.8. The third-order valence-electron chi connectivity index (χ3n) is 6.49. The molecule has 1 heterocycles. The molecule has 3 unspecified atom stereocenters. The van der Waals surface area contributed by atoms with Gasteiger partial charge in [-0.05, 0) is 68.9 Å². The van der Waals surface area contributed by atoms with E-state index in [9.17, 15) is 0 Å². The van der Waals surface area contributed by atoms with E-state index in [4.69, 9.17) is 4.42 Å². The zero-order valence-corrected chi connectivity index (χ0v) is 17.6. The quantitative estimate of drug-likeness (QED) is 0.672. The molecule has 1 fully saturated rings. The van der Waals surface area contributed by atoms with Crippen molar-refractivity contribution in [2.24, 2.45) is 23.7 Å². The summed E-state index contributed by atoms with van der Waals surface area (Å²) in [6.07, 6.45) is 7.27. The summed E-state index contributed by atoms with van der Waals surface area (Å²) >= 11 is 0. The molecule has 1 saturated carbocycles. The van der Waals surface area contributed by atoms with E-state index in [0.29, 0.717) is 29.6 Å². The Morgan fingerprint density at radius 3 is 2.54 bits per heavy atom. The fraction of sp³-hybridized carbons (Fsp3) is 0.583. The lowest BCUT2D eigenvalue weighted by Gasteiger charge is -2.37. The lowest BCUT2D eigenvalue weighted by atomic mass is 9.70. The number of allylic oxidation sites excluding steroid dienone is 1. The van der Waals surface area contributed by atoms with Crippen molar-refractivity contribution >= 4 is 0 Å². The van der Waals surface area contributed by atoms with Gasteiger partial charge < -0.3 is 9.73 Å². The first-order valence-electron chi connectivity index (χ1n) is 10.8. The second-order valence-electron chi connectivity index (χ2n) is 9.17. The Hall–Kier alpha value is -1.94. The van der Waals surface area contributed by atoms with Gasteiger partial charge in [0.1, 0.15) is 0 Å². The number of benzene rings is 1. The average Bonchev–Trinajstić information content (AvgIpc) is 3.39. The summed E-state index contributed by atoms with van der Waals surface area (Å²) in [5.41, 5.74) is 3.71. The Bertz CT molecular complexity index is 817. The second-order valence-corrected chi connectivity index (χ2v) is 9.17.